The molecule has 0 atom stereocenters. The van der Waals surface area contributed by atoms with Gasteiger partial charge in [0.15, 0.2) is 0 Å². The Morgan fingerprint density at radius 1 is 0.794 bits per heavy atom. The van der Waals surface area contributed by atoms with Gasteiger partial charge in [0.1, 0.15) is 11.1 Å². The third-order valence-corrected chi connectivity index (χ3v) is 5.92. The lowest BCUT2D eigenvalue weighted by Crippen LogP contribution is -2.41. The van der Waals surface area contributed by atoms with E-state index in [-0.39, 0.29) is 9.94 Å². The van der Waals surface area contributed by atoms with E-state index in [1.807, 2.05) is 0 Å². The first-order chi connectivity index (χ1) is 15.2. The number of halogens is 7. The highest BCUT2D eigenvalue weighted by Crippen LogP contribution is 2.36. The molecule has 2 aromatic heterocycles. The van der Waals surface area contributed by atoms with Crippen molar-refractivity contribution in [2.75, 3.05) is 0 Å². The van der Waals surface area contributed by atoms with E-state index < -0.39 is 52.9 Å². The van der Waals surface area contributed by atoms with Crippen LogP contribution in [0.5, 0.6) is 0 Å². The minimum Gasteiger partial charge on any atom is -0.399 e. The Kier molecular flexibility index (Phi) is 7.62. The second-order valence-corrected chi connectivity index (χ2v) is 9.59. The van der Waals surface area contributed by atoms with E-state index in [2.05, 4.69) is 15.9 Å². The van der Waals surface area contributed by atoms with Crippen LogP contribution in [0.25, 0.3) is 0 Å². The number of hydrogen-bond donors (Lipinski definition) is 0. The molecule has 0 radical (unpaired) electrons. The van der Waals surface area contributed by atoms with Gasteiger partial charge in [-0.3, -0.25) is 9.59 Å². The van der Waals surface area contributed by atoms with Crippen molar-refractivity contribution in [3.8, 4) is 0 Å². The quantitative estimate of drug-likeness (QED) is 0.394. The summed E-state index contributed by atoms with van der Waals surface area (Å²) in [6.07, 6.45) is -6.73. The second-order valence-electron chi connectivity index (χ2n) is 8.67. The van der Waals surface area contributed by atoms with Crippen LogP contribution < -0.4 is 16.6 Å². The zero-order valence-corrected chi connectivity index (χ0v) is 20.6. The lowest BCUT2D eigenvalue weighted by Gasteiger charge is -2.32. The zero-order valence-electron chi connectivity index (χ0n) is 19.1. The van der Waals surface area contributed by atoms with Gasteiger partial charge in [-0.2, -0.15) is 26.3 Å². The zero-order chi connectivity index (χ0) is 26.4. The van der Waals surface area contributed by atoms with E-state index in [1.54, 1.807) is 27.7 Å². The van der Waals surface area contributed by atoms with Gasteiger partial charge in [0.2, 0.25) is 0 Å². The van der Waals surface area contributed by atoms with Crippen LogP contribution in [0.2, 0.25) is 0 Å². The van der Waals surface area contributed by atoms with Crippen LogP contribution in [0, 0.1) is 0 Å². The molecule has 0 aromatic carbocycles. The van der Waals surface area contributed by atoms with Crippen LogP contribution in [0.4, 0.5) is 26.3 Å². The first-order valence-corrected chi connectivity index (χ1v) is 10.5. The van der Waals surface area contributed by atoms with Gasteiger partial charge in [0, 0.05) is 31.0 Å². The van der Waals surface area contributed by atoms with Crippen molar-refractivity contribution in [2.24, 2.45) is 14.1 Å². The number of aromatic nitrogens is 2. The number of pyridine rings is 2. The highest BCUT2D eigenvalue weighted by atomic mass is 79.9. The molecule has 1 fully saturated rings. The van der Waals surface area contributed by atoms with E-state index >= 15 is 0 Å². The Balaban J connectivity index is 0.000000270. The maximum atomic E-state index is 12.9. The fourth-order valence-electron chi connectivity index (χ4n) is 2.92. The minimum absolute atomic E-state index is 0.170. The predicted octanol–water partition coefficient (Wildman–Crippen LogP) is 3.87. The van der Waals surface area contributed by atoms with Crippen molar-refractivity contribution in [2.45, 2.75) is 51.2 Å². The summed E-state index contributed by atoms with van der Waals surface area (Å²) in [5.74, 6) is 0. The summed E-state index contributed by atoms with van der Waals surface area (Å²) < 4.78 is 88.7. The van der Waals surface area contributed by atoms with Crippen LogP contribution in [-0.2, 0) is 35.8 Å². The molecular formula is C20H22BBrF6N2O4. The molecule has 2 aromatic rings. The first-order valence-electron chi connectivity index (χ1n) is 9.74. The summed E-state index contributed by atoms with van der Waals surface area (Å²) in [6, 6.07) is 1.56. The van der Waals surface area contributed by atoms with Crippen LogP contribution in [0.15, 0.2) is 38.6 Å². The van der Waals surface area contributed by atoms with Gasteiger partial charge in [-0.1, -0.05) is 0 Å². The second kappa shape index (κ2) is 9.19. The van der Waals surface area contributed by atoms with E-state index in [4.69, 9.17) is 9.31 Å². The van der Waals surface area contributed by atoms with Crippen LogP contribution in [0.3, 0.4) is 0 Å². The maximum absolute atomic E-state index is 12.9. The summed E-state index contributed by atoms with van der Waals surface area (Å²) in [5, 5.41) is 0. The Labute approximate surface area is 199 Å². The molecule has 1 saturated heterocycles. The van der Waals surface area contributed by atoms with Gasteiger partial charge >= 0.3 is 19.5 Å². The van der Waals surface area contributed by atoms with Gasteiger partial charge in [-0.05, 0) is 61.2 Å². The van der Waals surface area contributed by atoms with Crippen LogP contribution >= 0.6 is 15.9 Å². The van der Waals surface area contributed by atoms with Gasteiger partial charge < -0.3 is 18.4 Å². The Bertz CT molecular complexity index is 1170. The molecule has 0 N–H and O–H groups in total. The summed E-state index contributed by atoms with van der Waals surface area (Å²) in [5.41, 5.74) is -5.68. The van der Waals surface area contributed by atoms with Gasteiger partial charge in [0.05, 0.1) is 11.2 Å². The average Bonchev–Trinajstić information content (AvgIpc) is 2.86. The highest BCUT2D eigenvalue weighted by Gasteiger charge is 2.52. The summed E-state index contributed by atoms with van der Waals surface area (Å²) in [6.45, 7) is 7.22. The Morgan fingerprint density at radius 2 is 1.18 bits per heavy atom. The molecule has 0 spiro atoms. The standard InChI is InChI=1S/C13H17BF3NO3.C7H5BrF3NO/c1-11(2)12(3,4)21-14(20-11)8-6-9(13(15,16)17)10(19)18(5)7-8;1-12-3-4(8)2-5(6(12)13)7(9,10)11/h6-7H,1-5H3;2-3H,1H3. The molecule has 3 heterocycles. The molecule has 3 rings (SSSR count). The molecule has 188 valence electrons. The lowest BCUT2D eigenvalue weighted by atomic mass is 9.79. The fraction of sp³-hybridized carbons (Fsp3) is 0.500. The third-order valence-electron chi connectivity index (χ3n) is 5.49. The Morgan fingerprint density at radius 3 is 1.59 bits per heavy atom. The normalized spacial score (nSPS) is 17.4. The Hall–Kier alpha value is -2.06. The van der Waals surface area contributed by atoms with E-state index in [0.717, 1.165) is 21.3 Å². The molecule has 34 heavy (non-hydrogen) atoms. The van der Waals surface area contributed by atoms with Crippen molar-refractivity contribution >= 4 is 28.5 Å². The predicted molar refractivity (Wildman–Crippen MR) is 117 cm³/mol. The largest absolute Gasteiger partial charge is 0.496 e. The minimum atomic E-state index is -4.71. The monoisotopic (exact) mass is 558 g/mol. The van der Waals surface area contributed by atoms with Gasteiger partial charge in [-0.25, -0.2) is 0 Å². The van der Waals surface area contributed by atoms with Gasteiger partial charge in [0.25, 0.3) is 11.1 Å². The van der Waals surface area contributed by atoms with Crippen molar-refractivity contribution in [3.63, 3.8) is 0 Å². The van der Waals surface area contributed by atoms with Crippen molar-refractivity contribution in [3.05, 3.63) is 60.8 Å². The number of nitrogens with zero attached hydrogens (tertiary/aromatic N) is 2. The van der Waals surface area contributed by atoms with Crippen molar-refractivity contribution in [1.29, 1.82) is 0 Å². The molecule has 14 heteroatoms. The summed E-state index contributed by atoms with van der Waals surface area (Å²) >= 11 is 2.88. The first kappa shape index (κ1) is 28.2. The molecule has 0 unspecified atom stereocenters. The number of rotatable bonds is 1. The van der Waals surface area contributed by atoms with E-state index in [9.17, 15) is 35.9 Å². The maximum Gasteiger partial charge on any atom is 0.496 e. The SMILES string of the molecule is Cn1cc(B2OC(C)(C)C(C)(C)O2)cc(C(F)(F)F)c1=O.Cn1cc(Br)cc(C(F)(F)F)c1=O. The van der Waals surface area contributed by atoms with Crippen LogP contribution in [0.1, 0.15) is 38.8 Å². The summed E-state index contributed by atoms with van der Waals surface area (Å²) in [4.78, 5) is 22.6. The lowest BCUT2D eigenvalue weighted by molar-refractivity contribution is -0.139. The number of alkyl halides is 6. The molecule has 6 nitrogen and oxygen atoms in total. The molecule has 1 aliphatic rings. The van der Waals surface area contributed by atoms with Crippen LogP contribution in [-0.4, -0.2) is 27.5 Å². The third kappa shape index (κ3) is 5.95. The molecule has 0 amide bonds. The number of hydrogen-bond acceptors (Lipinski definition) is 4. The van der Waals surface area contributed by atoms with Crippen molar-refractivity contribution < 1.29 is 35.7 Å². The molecule has 0 saturated carbocycles. The molecule has 0 bridgehead atoms. The van der Waals surface area contributed by atoms with E-state index in [1.165, 1.54) is 26.5 Å². The molecule has 0 aliphatic carbocycles. The highest BCUT2D eigenvalue weighted by molar-refractivity contribution is 9.10. The van der Waals surface area contributed by atoms with E-state index in [0.29, 0.717) is 0 Å². The summed E-state index contributed by atoms with van der Waals surface area (Å²) in [7, 11) is 1.59. The van der Waals surface area contributed by atoms with Gasteiger partial charge in [-0.15, -0.1) is 0 Å². The fourth-order valence-corrected chi connectivity index (χ4v) is 3.46. The smallest absolute Gasteiger partial charge is 0.399 e. The number of aryl methyl sites for hydroxylation is 2. The average molecular weight is 559 g/mol. The molecular weight excluding hydrogens is 537 g/mol. The molecule has 1 aliphatic heterocycles. The topological polar surface area (TPSA) is 62.5 Å². The van der Waals surface area contributed by atoms with Crippen molar-refractivity contribution in [1.82, 2.24) is 9.13 Å².